The van der Waals surface area contributed by atoms with Crippen LogP contribution >= 0.6 is 0 Å². The van der Waals surface area contributed by atoms with Crippen LogP contribution in [-0.4, -0.2) is 11.4 Å². The Kier molecular flexibility index (Phi) is 27.4. The monoisotopic (exact) mass is 692 g/mol. The second-order valence-corrected chi connectivity index (χ2v) is 12.8. The molecule has 0 saturated heterocycles. The minimum absolute atomic E-state index is 0. The van der Waals surface area contributed by atoms with Gasteiger partial charge in [0.1, 0.15) is 5.71 Å². The van der Waals surface area contributed by atoms with Crippen LogP contribution in [-0.2, 0) is 29.3 Å². The van der Waals surface area contributed by atoms with E-state index in [1.807, 2.05) is 0 Å². The molecular formula is C45H66N2Ni. The van der Waals surface area contributed by atoms with E-state index in [4.69, 9.17) is 9.98 Å². The van der Waals surface area contributed by atoms with E-state index >= 15 is 0 Å². The molecule has 0 radical (unpaired) electrons. The largest absolute Gasteiger partial charge is 0.250 e. The van der Waals surface area contributed by atoms with Crippen molar-refractivity contribution in [1.29, 1.82) is 0 Å². The average Bonchev–Trinajstić information content (AvgIpc) is 3.09. The zero-order chi connectivity index (χ0) is 33.6. The van der Waals surface area contributed by atoms with Gasteiger partial charge in [-0.3, -0.25) is 4.99 Å². The van der Waals surface area contributed by atoms with Crippen molar-refractivity contribution in [2.75, 3.05) is 0 Å². The first kappa shape index (κ1) is 43.3. The van der Waals surface area contributed by atoms with E-state index < -0.39 is 0 Å². The Labute approximate surface area is 306 Å². The van der Waals surface area contributed by atoms with Crippen LogP contribution in [0.5, 0.6) is 0 Å². The van der Waals surface area contributed by atoms with E-state index in [2.05, 4.69) is 112 Å². The molecule has 0 unspecified atom stereocenters. The molecule has 266 valence electrons. The molecule has 0 atom stereocenters. The third kappa shape index (κ3) is 20.0. The molecule has 0 fully saturated rings. The average molecular weight is 694 g/mol. The first-order chi connectivity index (χ1) is 23.2. The molecule has 48 heavy (non-hydrogen) atoms. The second kappa shape index (κ2) is 30.4. The Balaban J connectivity index is 0.0000115. The molecule has 0 aliphatic carbocycles. The number of rotatable bonds is 25. The Hall–Kier alpha value is -2.69. The van der Waals surface area contributed by atoms with Gasteiger partial charge in [-0.25, -0.2) is 4.99 Å². The smallest absolute Gasteiger partial charge is 0.135 e. The Morgan fingerprint density at radius 2 is 1.06 bits per heavy atom. The topological polar surface area (TPSA) is 24.7 Å². The van der Waals surface area contributed by atoms with Crippen molar-refractivity contribution in [3.63, 3.8) is 0 Å². The maximum absolute atomic E-state index is 5.36. The molecule has 0 saturated carbocycles. The minimum Gasteiger partial charge on any atom is -0.250 e. The van der Waals surface area contributed by atoms with Crippen molar-refractivity contribution < 1.29 is 16.5 Å². The minimum atomic E-state index is 0. The summed E-state index contributed by atoms with van der Waals surface area (Å²) in [5.41, 5.74) is 6.61. The van der Waals surface area contributed by atoms with Crippen molar-refractivity contribution in [1.82, 2.24) is 0 Å². The van der Waals surface area contributed by atoms with E-state index in [1.165, 1.54) is 62.5 Å². The van der Waals surface area contributed by atoms with Gasteiger partial charge in [-0.05, 0) is 99.8 Å². The molecule has 0 spiro atoms. The predicted molar refractivity (Wildman–Crippen MR) is 211 cm³/mol. The molecule has 2 rings (SSSR count). The molecule has 0 heterocycles. The quantitative estimate of drug-likeness (QED) is 0.0325. The van der Waals surface area contributed by atoms with Crippen molar-refractivity contribution in [2.45, 2.75) is 163 Å². The number of allylic oxidation sites excluding steroid dienone is 4. The first-order valence-electron chi connectivity index (χ1n) is 19.3. The standard InChI is InChI=1S/C45H66N2.Ni/c1-5-9-13-16-17-18-19-20-21-24-27-39-45(47-43-38-31-29-35-41(43)33-26-23-15-11-7-3)44(36-12-8-4)46-42-37-30-28-34-40(42)32-25-22-14-10-6-2;/h10-11,14-15,28-31,34-35,37-38H,5-9,12-13,16-26,32-33,36H2,1-4H3;. The van der Waals surface area contributed by atoms with E-state index in [0.29, 0.717) is 0 Å². The van der Waals surface area contributed by atoms with Crippen molar-refractivity contribution in [2.24, 2.45) is 9.98 Å². The molecule has 3 heteroatoms. The molecular weight excluding hydrogens is 627 g/mol. The molecule has 0 aromatic heterocycles. The Morgan fingerprint density at radius 1 is 0.562 bits per heavy atom. The summed E-state index contributed by atoms with van der Waals surface area (Å²) >= 11 is 0. The third-order valence-electron chi connectivity index (χ3n) is 8.56. The van der Waals surface area contributed by atoms with E-state index in [1.54, 1.807) is 0 Å². The number of aryl methyl sites for hydroxylation is 2. The summed E-state index contributed by atoms with van der Waals surface area (Å²) in [6.45, 7) is 8.93. The fraction of sp³-hybridized carbons (Fsp3) is 0.556. The normalized spacial score (nSPS) is 12.0. The zero-order valence-corrected chi connectivity index (χ0v) is 32.0. The van der Waals surface area contributed by atoms with Gasteiger partial charge >= 0.3 is 0 Å². The summed E-state index contributed by atoms with van der Waals surface area (Å²) in [5.74, 6) is 7.11. The number of nitrogens with zero attached hydrogens (tertiary/aromatic N) is 2. The van der Waals surface area contributed by atoms with Gasteiger partial charge in [0.05, 0.1) is 17.1 Å². The third-order valence-corrected chi connectivity index (χ3v) is 8.56. The molecule has 0 N–H and O–H groups in total. The van der Waals surface area contributed by atoms with E-state index in [9.17, 15) is 0 Å². The van der Waals surface area contributed by atoms with Gasteiger partial charge in [-0.2, -0.15) is 0 Å². The predicted octanol–water partition coefficient (Wildman–Crippen LogP) is 14.2. The van der Waals surface area contributed by atoms with Gasteiger partial charge in [-0.15, -0.1) is 0 Å². The van der Waals surface area contributed by atoms with Crippen LogP contribution in [0, 0.1) is 11.8 Å². The summed E-state index contributed by atoms with van der Waals surface area (Å²) in [5, 5.41) is 0. The number of hydrogen-bond acceptors (Lipinski definition) is 2. The summed E-state index contributed by atoms with van der Waals surface area (Å²) in [7, 11) is 0. The zero-order valence-electron chi connectivity index (χ0n) is 31.0. The van der Waals surface area contributed by atoms with Gasteiger partial charge < -0.3 is 0 Å². The molecule has 0 aliphatic heterocycles. The second-order valence-electron chi connectivity index (χ2n) is 12.8. The molecule has 0 amide bonds. The molecule has 2 aromatic rings. The van der Waals surface area contributed by atoms with Gasteiger partial charge in [0.2, 0.25) is 0 Å². The molecule has 2 nitrogen and oxygen atoms in total. The molecule has 0 bridgehead atoms. The molecule has 0 aliphatic rings. The van der Waals surface area contributed by atoms with Crippen LogP contribution in [0.15, 0.2) is 82.8 Å². The van der Waals surface area contributed by atoms with E-state index in [-0.39, 0.29) is 16.5 Å². The van der Waals surface area contributed by atoms with Crippen molar-refractivity contribution in [3.05, 3.63) is 84.0 Å². The summed E-state index contributed by atoms with van der Waals surface area (Å²) in [4.78, 5) is 10.7. The SMILES string of the molecule is CCC=CCCCc1ccccc1N=C(C#CCCCCCCCCCCC)C(CCCC)=Nc1ccccc1CCCC=CCC.[Ni]. The van der Waals surface area contributed by atoms with Crippen LogP contribution in [0.2, 0.25) is 0 Å². The number of aliphatic imine (C=N–C) groups is 2. The van der Waals surface area contributed by atoms with Gasteiger partial charge in [0.25, 0.3) is 0 Å². The summed E-state index contributed by atoms with van der Waals surface area (Å²) < 4.78 is 0. The summed E-state index contributed by atoms with van der Waals surface area (Å²) in [6.07, 6.45) is 33.8. The van der Waals surface area contributed by atoms with Gasteiger partial charge in [0.15, 0.2) is 0 Å². The van der Waals surface area contributed by atoms with Crippen molar-refractivity contribution in [3.8, 4) is 11.8 Å². The molecule has 2 aromatic carbocycles. The van der Waals surface area contributed by atoms with Crippen LogP contribution in [0.25, 0.3) is 0 Å². The maximum atomic E-state index is 5.36. The Morgan fingerprint density at radius 3 is 1.60 bits per heavy atom. The Bertz CT molecular complexity index is 1270. The summed E-state index contributed by atoms with van der Waals surface area (Å²) in [6, 6.07) is 17.3. The van der Waals surface area contributed by atoms with Crippen LogP contribution in [0.3, 0.4) is 0 Å². The number of unbranched alkanes of at least 4 members (excludes halogenated alkanes) is 12. The number of hydrogen-bond donors (Lipinski definition) is 0. The first-order valence-corrected chi connectivity index (χ1v) is 19.3. The fourth-order valence-electron chi connectivity index (χ4n) is 5.72. The van der Waals surface area contributed by atoms with Crippen LogP contribution < -0.4 is 0 Å². The van der Waals surface area contributed by atoms with Crippen LogP contribution in [0.4, 0.5) is 11.4 Å². The maximum Gasteiger partial charge on any atom is 0.135 e. The number of para-hydroxylation sites is 2. The fourth-order valence-corrected chi connectivity index (χ4v) is 5.72. The van der Waals surface area contributed by atoms with Gasteiger partial charge in [0, 0.05) is 22.9 Å². The van der Waals surface area contributed by atoms with Crippen LogP contribution in [0.1, 0.15) is 161 Å². The van der Waals surface area contributed by atoms with Crippen molar-refractivity contribution >= 4 is 22.8 Å². The van der Waals surface area contributed by atoms with Gasteiger partial charge in [-0.1, -0.05) is 152 Å². The van der Waals surface area contributed by atoms with E-state index in [0.717, 1.165) is 106 Å². The number of benzene rings is 2.